The lowest BCUT2D eigenvalue weighted by Gasteiger charge is -2.27. The second-order valence-electron chi connectivity index (χ2n) is 4.97. The van der Waals surface area contributed by atoms with Crippen molar-refractivity contribution in [1.29, 1.82) is 0 Å². The molecule has 4 heteroatoms. The Bertz CT molecular complexity index is 217. The molecule has 0 aliphatic carbocycles. The largest absolute Gasteiger partial charge is 0.345 e. The molecule has 0 atom stereocenters. The molecule has 0 fully saturated rings. The Morgan fingerprint density at radius 2 is 1.83 bits per heavy atom. The minimum absolute atomic E-state index is 0.205. The predicted molar refractivity (Wildman–Crippen MR) is 77.5 cm³/mol. The molecule has 0 bridgehead atoms. The first-order valence-electron chi connectivity index (χ1n) is 7.25. The molecule has 4 nitrogen and oxygen atoms in total. The lowest BCUT2D eigenvalue weighted by atomic mass is 10.0. The van der Waals surface area contributed by atoms with Crippen molar-refractivity contribution in [3.63, 3.8) is 0 Å². The van der Waals surface area contributed by atoms with E-state index in [0.717, 1.165) is 26.1 Å². The second kappa shape index (κ2) is 10.3. The molecule has 0 aliphatic heterocycles. The highest BCUT2D eigenvalue weighted by atomic mass is 16.2. The van der Waals surface area contributed by atoms with E-state index in [-0.39, 0.29) is 5.91 Å². The zero-order chi connectivity index (χ0) is 14.0. The lowest BCUT2D eigenvalue weighted by molar-refractivity contribution is -0.131. The first kappa shape index (κ1) is 17.4. The fraction of sp³-hybridized carbons (Fsp3) is 0.929. The van der Waals surface area contributed by atoms with E-state index in [1.54, 1.807) is 4.90 Å². The first-order valence-corrected chi connectivity index (χ1v) is 7.25. The summed E-state index contributed by atoms with van der Waals surface area (Å²) < 4.78 is 0. The molecule has 0 radical (unpaired) electrons. The van der Waals surface area contributed by atoms with Gasteiger partial charge in [-0.2, -0.15) is 0 Å². The molecule has 0 rings (SSSR count). The number of carbonyl (C=O) groups is 1. The van der Waals surface area contributed by atoms with Gasteiger partial charge in [-0.15, -0.1) is 0 Å². The van der Waals surface area contributed by atoms with Crippen LogP contribution in [-0.4, -0.2) is 55.5 Å². The summed E-state index contributed by atoms with van der Waals surface area (Å²) in [6.07, 6.45) is 3.25. The molecule has 0 unspecified atom stereocenters. The van der Waals surface area contributed by atoms with E-state index in [1.807, 2.05) is 7.05 Å². The normalized spacial score (nSPS) is 11.3. The van der Waals surface area contributed by atoms with Gasteiger partial charge in [-0.3, -0.25) is 9.69 Å². The molecule has 0 aromatic rings. The number of nitrogens with two attached hydrogens (primary N) is 1. The molecule has 18 heavy (non-hydrogen) atoms. The molecule has 0 spiro atoms. The summed E-state index contributed by atoms with van der Waals surface area (Å²) in [6.45, 7) is 10.5. The van der Waals surface area contributed by atoms with Crippen molar-refractivity contribution < 1.29 is 4.79 Å². The van der Waals surface area contributed by atoms with Gasteiger partial charge in [0.25, 0.3) is 0 Å². The molecule has 2 N–H and O–H groups in total. The summed E-state index contributed by atoms with van der Waals surface area (Å²) in [7, 11) is 1.86. The Hall–Kier alpha value is -0.610. The monoisotopic (exact) mass is 257 g/mol. The average molecular weight is 257 g/mol. The number of carbonyl (C=O) groups excluding carboxylic acids is 1. The van der Waals surface area contributed by atoms with Gasteiger partial charge < -0.3 is 10.6 Å². The van der Waals surface area contributed by atoms with Gasteiger partial charge in [-0.05, 0) is 25.4 Å². The molecule has 0 saturated heterocycles. The van der Waals surface area contributed by atoms with Crippen LogP contribution in [0, 0.1) is 5.92 Å². The van der Waals surface area contributed by atoms with Crippen LogP contribution in [0.5, 0.6) is 0 Å². The number of likely N-dealkylation sites (N-methyl/N-ethyl adjacent to an activating group) is 2. The van der Waals surface area contributed by atoms with Gasteiger partial charge in [0.15, 0.2) is 0 Å². The van der Waals surface area contributed by atoms with E-state index in [1.165, 1.54) is 12.8 Å². The van der Waals surface area contributed by atoms with Crippen molar-refractivity contribution in [2.75, 3.05) is 39.8 Å². The highest BCUT2D eigenvalue weighted by Gasteiger charge is 2.15. The van der Waals surface area contributed by atoms with Crippen molar-refractivity contribution in [1.82, 2.24) is 9.80 Å². The van der Waals surface area contributed by atoms with Crippen LogP contribution in [0.3, 0.4) is 0 Å². The maximum atomic E-state index is 12.0. The Morgan fingerprint density at radius 1 is 1.22 bits per heavy atom. The average Bonchev–Trinajstić information content (AvgIpc) is 2.40. The summed E-state index contributed by atoms with van der Waals surface area (Å²) in [5, 5.41) is 0. The summed E-state index contributed by atoms with van der Waals surface area (Å²) in [6, 6.07) is 0. The van der Waals surface area contributed by atoms with Crippen LogP contribution in [0.25, 0.3) is 0 Å². The molecule has 0 aromatic carbocycles. The van der Waals surface area contributed by atoms with Crippen molar-refractivity contribution in [2.24, 2.45) is 11.7 Å². The van der Waals surface area contributed by atoms with Crippen molar-refractivity contribution in [3.8, 4) is 0 Å². The number of amides is 1. The third kappa shape index (κ3) is 6.97. The number of hydrogen-bond acceptors (Lipinski definition) is 3. The first-order chi connectivity index (χ1) is 8.58. The van der Waals surface area contributed by atoms with E-state index in [2.05, 4.69) is 25.7 Å². The number of rotatable bonds is 10. The number of hydrogen-bond donors (Lipinski definition) is 1. The summed E-state index contributed by atoms with van der Waals surface area (Å²) in [4.78, 5) is 16.1. The Morgan fingerprint density at radius 3 is 2.28 bits per heavy atom. The van der Waals surface area contributed by atoms with Gasteiger partial charge >= 0.3 is 0 Å². The van der Waals surface area contributed by atoms with Gasteiger partial charge in [0.2, 0.25) is 5.91 Å². The minimum Gasteiger partial charge on any atom is -0.345 e. The quantitative estimate of drug-likeness (QED) is 0.646. The van der Waals surface area contributed by atoms with E-state index in [4.69, 9.17) is 5.73 Å². The van der Waals surface area contributed by atoms with Crippen LogP contribution in [0.15, 0.2) is 0 Å². The maximum Gasteiger partial charge on any atom is 0.236 e. The van der Waals surface area contributed by atoms with Crippen molar-refractivity contribution >= 4 is 5.91 Å². The maximum absolute atomic E-state index is 12.0. The fourth-order valence-electron chi connectivity index (χ4n) is 1.98. The van der Waals surface area contributed by atoms with E-state index >= 15 is 0 Å². The summed E-state index contributed by atoms with van der Waals surface area (Å²) in [5.41, 5.74) is 5.46. The van der Waals surface area contributed by atoms with Crippen molar-refractivity contribution in [2.45, 2.75) is 40.0 Å². The SMILES string of the molecule is CCC(CC)CN(CC)CC(=O)N(C)CCCN. The lowest BCUT2D eigenvalue weighted by Crippen LogP contribution is -2.40. The molecular weight excluding hydrogens is 226 g/mol. The summed E-state index contributed by atoms with van der Waals surface area (Å²) in [5.74, 6) is 0.906. The molecule has 0 aliphatic rings. The minimum atomic E-state index is 0.205. The Labute approximate surface area is 113 Å². The molecule has 0 aromatic heterocycles. The van der Waals surface area contributed by atoms with Gasteiger partial charge in [0, 0.05) is 20.1 Å². The van der Waals surface area contributed by atoms with Crippen LogP contribution in [0.4, 0.5) is 0 Å². The van der Waals surface area contributed by atoms with Crippen LogP contribution in [0.2, 0.25) is 0 Å². The molecule has 0 heterocycles. The van der Waals surface area contributed by atoms with Crippen LogP contribution >= 0.6 is 0 Å². The topological polar surface area (TPSA) is 49.6 Å². The molecular formula is C14H31N3O. The zero-order valence-corrected chi connectivity index (χ0v) is 12.6. The second-order valence-corrected chi connectivity index (χ2v) is 4.97. The molecule has 108 valence electrons. The summed E-state index contributed by atoms with van der Waals surface area (Å²) >= 11 is 0. The fourth-order valence-corrected chi connectivity index (χ4v) is 1.98. The third-order valence-corrected chi connectivity index (χ3v) is 3.60. The van der Waals surface area contributed by atoms with E-state index < -0.39 is 0 Å². The third-order valence-electron chi connectivity index (χ3n) is 3.60. The highest BCUT2D eigenvalue weighted by molar-refractivity contribution is 5.77. The molecule has 0 saturated carbocycles. The Balaban J connectivity index is 4.14. The highest BCUT2D eigenvalue weighted by Crippen LogP contribution is 2.09. The van der Waals surface area contributed by atoms with Crippen LogP contribution in [-0.2, 0) is 4.79 Å². The molecule has 1 amide bonds. The smallest absolute Gasteiger partial charge is 0.236 e. The standard InChI is InChI=1S/C14H31N3O/c1-5-13(6-2)11-17(7-3)12-14(18)16(4)10-8-9-15/h13H,5-12,15H2,1-4H3. The van der Waals surface area contributed by atoms with Crippen molar-refractivity contribution in [3.05, 3.63) is 0 Å². The van der Waals surface area contributed by atoms with Crippen LogP contribution < -0.4 is 5.73 Å². The van der Waals surface area contributed by atoms with E-state index in [9.17, 15) is 4.79 Å². The van der Waals surface area contributed by atoms with Gasteiger partial charge in [0.05, 0.1) is 6.54 Å². The Kier molecular flexibility index (Phi) is 9.98. The van der Waals surface area contributed by atoms with Gasteiger partial charge in [0.1, 0.15) is 0 Å². The zero-order valence-electron chi connectivity index (χ0n) is 12.6. The van der Waals surface area contributed by atoms with Gasteiger partial charge in [-0.25, -0.2) is 0 Å². The van der Waals surface area contributed by atoms with E-state index in [0.29, 0.717) is 19.0 Å². The number of nitrogens with zero attached hydrogens (tertiary/aromatic N) is 2. The van der Waals surface area contributed by atoms with Gasteiger partial charge in [-0.1, -0.05) is 33.6 Å². The predicted octanol–water partition coefficient (Wildman–Crippen LogP) is 1.55. The van der Waals surface area contributed by atoms with Crippen LogP contribution in [0.1, 0.15) is 40.0 Å².